The summed E-state index contributed by atoms with van der Waals surface area (Å²) in [4.78, 5) is 39.5. The SMILES string of the molecule is CC(OC(=O)CSCC1(C)COC1)OC(=O)N(C)[C@]1(c2ccccc2Cl)CCCCC1=O. The molecular formula is C23H30ClNO6S. The summed E-state index contributed by atoms with van der Waals surface area (Å²) in [6.45, 7) is 4.99. The van der Waals surface area contributed by atoms with E-state index in [9.17, 15) is 14.4 Å². The molecule has 1 heterocycles. The van der Waals surface area contributed by atoms with Crippen LogP contribution in [-0.4, -0.2) is 60.8 Å². The maximum absolute atomic E-state index is 13.1. The number of thioether (sulfide) groups is 1. The molecule has 2 atom stereocenters. The maximum Gasteiger partial charge on any atom is 0.413 e. The summed E-state index contributed by atoms with van der Waals surface area (Å²) >= 11 is 7.89. The quantitative estimate of drug-likeness (QED) is 0.400. The minimum atomic E-state index is -1.20. The zero-order valence-corrected chi connectivity index (χ0v) is 20.3. The minimum Gasteiger partial charge on any atom is -0.425 e. The highest BCUT2D eigenvalue weighted by Crippen LogP contribution is 2.42. The zero-order chi connectivity index (χ0) is 23.4. The van der Waals surface area contributed by atoms with Crippen molar-refractivity contribution in [2.24, 2.45) is 5.41 Å². The number of hydrogen-bond acceptors (Lipinski definition) is 7. The number of rotatable bonds is 8. The number of likely N-dealkylation sites (N-methyl/N-ethyl adjacent to an activating group) is 1. The first-order chi connectivity index (χ1) is 15.2. The van der Waals surface area contributed by atoms with E-state index in [1.165, 1.54) is 30.6 Å². The van der Waals surface area contributed by atoms with Gasteiger partial charge in [0.05, 0.1) is 19.0 Å². The van der Waals surface area contributed by atoms with Crippen LogP contribution in [0.25, 0.3) is 0 Å². The molecule has 7 nitrogen and oxygen atoms in total. The summed E-state index contributed by atoms with van der Waals surface area (Å²) in [6.07, 6.45) is 0.531. The van der Waals surface area contributed by atoms with E-state index in [4.69, 9.17) is 25.8 Å². The molecule has 0 bridgehead atoms. The highest BCUT2D eigenvalue weighted by atomic mass is 35.5. The summed E-state index contributed by atoms with van der Waals surface area (Å²) in [6, 6.07) is 7.05. The van der Waals surface area contributed by atoms with Crippen molar-refractivity contribution in [3.63, 3.8) is 0 Å². The topological polar surface area (TPSA) is 82.1 Å². The normalized spacial score (nSPS) is 23.1. The summed E-state index contributed by atoms with van der Waals surface area (Å²) in [5, 5.41) is 0.421. The van der Waals surface area contributed by atoms with Gasteiger partial charge in [-0.3, -0.25) is 14.5 Å². The molecule has 1 aliphatic carbocycles. The molecule has 1 aromatic carbocycles. The Morgan fingerprint density at radius 1 is 1.25 bits per heavy atom. The summed E-state index contributed by atoms with van der Waals surface area (Å²) in [7, 11) is 1.53. The summed E-state index contributed by atoms with van der Waals surface area (Å²) in [5.41, 5.74) is -0.515. The molecule has 0 aromatic heterocycles. The van der Waals surface area contributed by atoms with Crippen molar-refractivity contribution in [1.82, 2.24) is 4.90 Å². The van der Waals surface area contributed by atoms with E-state index in [1.807, 2.05) is 0 Å². The van der Waals surface area contributed by atoms with Gasteiger partial charge in [-0.25, -0.2) is 4.79 Å². The Balaban J connectivity index is 1.61. The predicted octanol–water partition coefficient (Wildman–Crippen LogP) is 4.41. The smallest absolute Gasteiger partial charge is 0.413 e. The van der Waals surface area contributed by atoms with Gasteiger partial charge in [0.25, 0.3) is 0 Å². The molecule has 1 aromatic rings. The van der Waals surface area contributed by atoms with Crippen LogP contribution >= 0.6 is 23.4 Å². The van der Waals surface area contributed by atoms with Crippen LogP contribution in [0.1, 0.15) is 45.1 Å². The molecule has 176 valence electrons. The average Bonchev–Trinajstić information content (AvgIpc) is 2.73. The highest BCUT2D eigenvalue weighted by molar-refractivity contribution is 7.99. The molecule has 2 aliphatic rings. The number of ether oxygens (including phenoxy) is 3. The number of carbonyl (C=O) groups excluding carboxylic acids is 3. The second-order valence-electron chi connectivity index (χ2n) is 8.77. The molecule has 0 radical (unpaired) electrons. The first-order valence-electron chi connectivity index (χ1n) is 10.8. The van der Waals surface area contributed by atoms with Gasteiger partial charge in [-0.1, -0.05) is 36.7 Å². The van der Waals surface area contributed by atoms with Crippen molar-refractivity contribution in [1.29, 1.82) is 0 Å². The Bertz CT molecular complexity index is 861. The lowest BCUT2D eigenvalue weighted by Crippen LogP contribution is -2.54. The van der Waals surface area contributed by atoms with Crippen LogP contribution in [0.15, 0.2) is 24.3 Å². The van der Waals surface area contributed by atoms with E-state index in [1.54, 1.807) is 24.3 Å². The van der Waals surface area contributed by atoms with Crippen LogP contribution in [-0.2, 0) is 29.3 Å². The molecule has 1 aliphatic heterocycles. The number of nitrogens with zero attached hydrogens (tertiary/aromatic N) is 1. The van der Waals surface area contributed by atoms with Crippen LogP contribution in [0.2, 0.25) is 5.02 Å². The fourth-order valence-corrected chi connectivity index (χ4v) is 5.45. The van der Waals surface area contributed by atoms with E-state index in [0.29, 0.717) is 36.6 Å². The first-order valence-corrected chi connectivity index (χ1v) is 12.3. The number of esters is 1. The van der Waals surface area contributed by atoms with E-state index in [-0.39, 0.29) is 17.0 Å². The van der Waals surface area contributed by atoms with E-state index in [0.717, 1.165) is 18.6 Å². The van der Waals surface area contributed by atoms with Crippen LogP contribution in [0.3, 0.4) is 0 Å². The molecule has 0 spiro atoms. The number of benzene rings is 1. The molecule has 2 fully saturated rings. The van der Waals surface area contributed by atoms with Crippen molar-refractivity contribution in [3.8, 4) is 0 Å². The third-order valence-electron chi connectivity index (χ3n) is 5.96. The van der Waals surface area contributed by atoms with Gasteiger partial charge < -0.3 is 14.2 Å². The Kier molecular flexibility index (Phi) is 8.11. The van der Waals surface area contributed by atoms with Crippen LogP contribution in [0.5, 0.6) is 0 Å². The maximum atomic E-state index is 13.1. The number of ketones is 1. The van der Waals surface area contributed by atoms with Gasteiger partial charge in [-0.2, -0.15) is 0 Å². The molecule has 0 N–H and O–H groups in total. The minimum absolute atomic E-state index is 0.0779. The van der Waals surface area contributed by atoms with Crippen molar-refractivity contribution < 1.29 is 28.6 Å². The van der Waals surface area contributed by atoms with Crippen molar-refractivity contribution in [2.45, 2.75) is 51.4 Å². The van der Waals surface area contributed by atoms with Crippen LogP contribution in [0, 0.1) is 5.41 Å². The molecule has 32 heavy (non-hydrogen) atoms. The van der Waals surface area contributed by atoms with Gasteiger partial charge in [-0.15, -0.1) is 11.8 Å². The lowest BCUT2D eigenvalue weighted by molar-refractivity contribution is -0.164. The Morgan fingerprint density at radius 2 is 1.97 bits per heavy atom. The molecule has 3 rings (SSSR count). The first kappa shape index (κ1) is 24.9. The van der Waals surface area contributed by atoms with Crippen LogP contribution in [0.4, 0.5) is 4.79 Å². The largest absolute Gasteiger partial charge is 0.425 e. The number of amides is 1. The molecule has 1 amide bonds. The van der Waals surface area contributed by atoms with Gasteiger partial charge in [-0.05, 0) is 25.3 Å². The Morgan fingerprint density at radius 3 is 2.59 bits per heavy atom. The second kappa shape index (κ2) is 10.4. The lowest BCUT2D eigenvalue weighted by atomic mass is 9.74. The van der Waals surface area contributed by atoms with Gasteiger partial charge in [0.15, 0.2) is 5.78 Å². The van der Waals surface area contributed by atoms with Gasteiger partial charge in [0.1, 0.15) is 5.54 Å². The third-order valence-corrected chi connectivity index (χ3v) is 7.63. The van der Waals surface area contributed by atoms with Gasteiger partial charge >= 0.3 is 12.1 Å². The standard InChI is InChI=1S/C23H30ClNO6S/c1-16(30-20(27)12-32-15-22(2)13-29-14-22)31-21(28)25(3)23(11-7-6-10-19(23)26)17-8-4-5-9-18(17)24/h4-5,8-9,16H,6-7,10-15H2,1-3H3/t16?,23-/m0/s1. The second-order valence-corrected chi connectivity index (χ2v) is 10.2. The number of Topliss-reactive ketones (excluding diaryl/α,β-unsaturated/α-hetero) is 1. The van der Waals surface area contributed by atoms with Gasteiger partial charge in [0, 0.05) is 42.1 Å². The summed E-state index contributed by atoms with van der Waals surface area (Å²) in [5.74, 6) is 0.416. The molecule has 1 saturated carbocycles. The van der Waals surface area contributed by atoms with Crippen molar-refractivity contribution in [3.05, 3.63) is 34.9 Å². The Hall–Kier alpha value is -1.77. The van der Waals surface area contributed by atoms with Crippen molar-refractivity contribution >= 4 is 41.2 Å². The predicted molar refractivity (Wildman–Crippen MR) is 123 cm³/mol. The Labute approximate surface area is 198 Å². The monoisotopic (exact) mass is 483 g/mol. The molecular weight excluding hydrogens is 454 g/mol. The summed E-state index contributed by atoms with van der Waals surface area (Å²) < 4.78 is 15.8. The third kappa shape index (κ3) is 5.41. The molecule has 9 heteroatoms. The van der Waals surface area contributed by atoms with E-state index < -0.39 is 23.9 Å². The lowest BCUT2D eigenvalue weighted by Gasteiger charge is -2.43. The molecule has 1 saturated heterocycles. The van der Waals surface area contributed by atoms with Crippen LogP contribution < -0.4 is 0 Å². The van der Waals surface area contributed by atoms with E-state index in [2.05, 4.69) is 6.92 Å². The number of carbonyl (C=O) groups is 3. The number of hydrogen-bond donors (Lipinski definition) is 0. The highest BCUT2D eigenvalue weighted by Gasteiger charge is 2.48. The fraction of sp³-hybridized carbons (Fsp3) is 0.609. The van der Waals surface area contributed by atoms with Crippen molar-refractivity contribution in [2.75, 3.05) is 31.8 Å². The fourth-order valence-electron chi connectivity index (χ4n) is 4.16. The molecule has 1 unspecified atom stereocenters. The van der Waals surface area contributed by atoms with E-state index >= 15 is 0 Å². The van der Waals surface area contributed by atoms with Gasteiger partial charge in [0.2, 0.25) is 6.29 Å². The number of halogens is 1. The zero-order valence-electron chi connectivity index (χ0n) is 18.7. The average molecular weight is 484 g/mol.